The maximum Gasteiger partial charge on any atom is 0.233 e. The highest BCUT2D eigenvalue weighted by Gasteiger charge is 2.09. The molecule has 1 aromatic carbocycles. The summed E-state index contributed by atoms with van der Waals surface area (Å²) in [7, 11) is 0. The third-order valence-corrected chi connectivity index (χ3v) is 3.03. The number of nitrogens with zero attached hydrogens (tertiary/aromatic N) is 1. The molecule has 4 heteroatoms. The van der Waals surface area contributed by atoms with Gasteiger partial charge in [0.2, 0.25) is 5.88 Å². The zero-order chi connectivity index (χ0) is 13.7. The minimum atomic E-state index is 0.540. The Morgan fingerprint density at radius 1 is 1.21 bits per heavy atom. The maximum atomic E-state index is 5.81. The lowest BCUT2D eigenvalue weighted by atomic mass is 10.3. The molecule has 2 aromatic rings. The second-order valence-corrected chi connectivity index (χ2v) is 5.05. The summed E-state index contributed by atoms with van der Waals surface area (Å²) in [5.41, 5.74) is 1.08. The molecular weight excluding hydrogens is 306 g/mol. The van der Waals surface area contributed by atoms with Gasteiger partial charge in [-0.25, -0.2) is 4.98 Å². The fourth-order valence-electron chi connectivity index (χ4n) is 1.57. The number of aromatic nitrogens is 1. The number of rotatable bonds is 5. The van der Waals surface area contributed by atoms with E-state index in [4.69, 9.17) is 9.47 Å². The molecule has 2 rings (SSSR count). The number of hydrogen-bond acceptors (Lipinski definition) is 3. The molecular formula is C15H16BrNO2. The van der Waals surface area contributed by atoms with Crippen molar-refractivity contribution in [3.05, 3.63) is 46.6 Å². The van der Waals surface area contributed by atoms with Crippen LogP contribution in [0.3, 0.4) is 0 Å². The third-order valence-electron chi connectivity index (χ3n) is 2.46. The molecule has 0 N–H and O–H groups in total. The Morgan fingerprint density at radius 3 is 2.63 bits per heavy atom. The van der Waals surface area contributed by atoms with Crippen molar-refractivity contribution >= 4 is 15.9 Å². The van der Waals surface area contributed by atoms with E-state index in [0.717, 1.165) is 22.2 Å². The molecule has 0 atom stereocenters. The van der Waals surface area contributed by atoms with Gasteiger partial charge in [-0.1, -0.05) is 19.1 Å². The van der Waals surface area contributed by atoms with E-state index in [1.807, 2.05) is 37.3 Å². The number of pyridine rings is 1. The fourth-order valence-corrected chi connectivity index (χ4v) is 2.11. The molecule has 0 aliphatic heterocycles. The Hall–Kier alpha value is -1.55. The van der Waals surface area contributed by atoms with Gasteiger partial charge in [-0.3, -0.25) is 0 Å². The Balaban J connectivity index is 2.22. The molecule has 0 amide bonds. The van der Waals surface area contributed by atoms with Gasteiger partial charge in [-0.15, -0.1) is 0 Å². The van der Waals surface area contributed by atoms with Crippen LogP contribution in [0, 0.1) is 6.92 Å². The molecule has 0 saturated carbocycles. The lowest BCUT2D eigenvalue weighted by molar-refractivity contribution is 0.300. The van der Waals surface area contributed by atoms with Crippen LogP contribution in [-0.2, 0) is 0 Å². The quantitative estimate of drug-likeness (QED) is 0.797. The number of halogens is 1. The summed E-state index contributed by atoms with van der Waals surface area (Å²) in [6, 6.07) is 9.58. The average Bonchev–Trinajstić information content (AvgIpc) is 2.41. The minimum Gasteiger partial charge on any atom is -0.490 e. The minimum absolute atomic E-state index is 0.540. The van der Waals surface area contributed by atoms with E-state index >= 15 is 0 Å². The number of benzene rings is 1. The van der Waals surface area contributed by atoms with Crippen molar-refractivity contribution in [1.29, 1.82) is 0 Å². The van der Waals surface area contributed by atoms with Crippen LogP contribution in [0.15, 0.2) is 41.0 Å². The smallest absolute Gasteiger partial charge is 0.233 e. The highest BCUT2D eigenvalue weighted by molar-refractivity contribution is 9.10. The van der Waals surface area contributed by atoms with E-state index in [2.05, 4.69) is 27.8 Å². The number of para-hydroxylation sites is 2. The lowest BCUT2D eigenvalue weighted by Gasteiger charge is -2.12. The predicted octanol–water partition coefficient (Wildman–Crippen LogP) is 4.73. The van der Waals surface area contributed by atoms with Crippen LogP contribution >= 0.6 is 15.9 Å². The summed E-state index contributed by atoms with van der Waals surface area (Å²) in [6.07, 6.45) is 2.73. The van der Waals surface area contributed by atoms with Gasteiger partial charge in [0, 0.05) is 6.20 Å². The summed E-state index contributed by atoms with van der Waals surface area (Å²) in [5, 5.41) is 0. The van der Waals surface area contributed by atoms with Crippen molar-refractivity contribution in [2.45, 2.75) is 20.3 Å². The standard InChI is InChI=1S/C15H16BrNO2/c1-3-8-18-13-6-4-5-7-14(13)19-15-12(16)9-11(2)10-17-15/h4-7,9-10H,3,8H2,1-2H3. The van der Waals surface area contributed by atoms with Crippen LogP contribution in [0.5, 0.6) is 17.4 Å². The average molecular weight is 322 g/mol. The van der Waals surface area contributed by atoms with E-state index in [0.29, 0.717) is 18.2 Å². The molecule has 0 saturated heterocycles. The number of aryl methyl sites for hydroxylation is 1. The topological polar surface area (TPSA) is 31.4 Å². The second kappa shape index (κ2) is 6.57. The first-order chi connectivity index (χ1) is 9.20. The predicted molar refractivity (Wildman–Crippen MR) is 79.0 cm³/mol. The first-order valence-corrected chi connectivity index (χ1v) is 7.02. The molecule has 3 nitrogen and oxygen atoms in total. The molecule has 0 fully saturated rings. The van der Waals surface area contributed by atoms with Gasteiger partial charge in [0.15, 0.2) is 11.5 Å². The monoisotopic (exact) mass is 321 g/mol. The molecule has 0 bridgehead atoms. The third kappa shape index (κ3) is 3.70. The van der Waals surface area contributed by atoms with E-state index in [9.17, 15) is 0 Å². The van der Waals surface area contributed by atoms with E-state index in [-0.39, 0.29) is 0 Å². The van der Waals surface area contributed by atoms with Gasteiger partial charge in [0.1, 0.15) is 0 Å². The lowest BCUT2D eigenvalue weighted by Crippen LogP contribution is -1.98. The SMILES string of the molecule is CCCOc1ccccc1Oc1ncc(C)cc1Br. The summed E-state index contributed by atoms with van der Waals surface area (Å²) in [4.78, 5) is 4.27. The summed E-state index contributed by atoms with van der Waals surface area (Å²) < 4.78 is 12.3. The first kappa shape index (κ1) is 13.9. The molecule has 0 aliphatic rings. The number of hydrogen-bond donors (Lipinski definition) is 0. The maximum absolute atomic E-state index is 5.81. The highest BCUT2D eigenvalue weighted by Crippen LogP contribution is 2.33. The van der Waals surface area contributed by atoms with Gasteiger partial charge < -0.3 is 9.47 Å². The fraction of sp³-hybridized carbons (Fsp3) is 0.267. The van der Waals surface area contributed by atoms with Crippen molar-refractivity contribution in [3.8, 4) is 17.4 Å². The summed E-state index contributed by atoms with van der Waals surface area (Å²) in [5.74, 6) is 1.95. The first-order valence-electron chi connectivity index (χ1n) is 6.22. The van der Waals surface area contributed by atoms with E-state index in [1.165, 1.54) is 0 Å². The van der Waals surface area contributed by atoms with Crippen molar-refractivity contribution in [2.75, 3.05) is 6.61 Å². The van der Waals surface area contributed by atoms with E-state index in [1.54, 1.807) is 6.20 Å². The van der Waals surface area contributed by atoms with Crippen LogP contribution in [0.25, 0.3) is 0 Å². The largest absolute Gasteiger partial charge is 0.490 e. The summed E-state index contributed by atoms with van der Waals surface area (Å²) in [6.45, 7) is 4.73. The second-order valence-electron chi connectivity index (χ2n) is 4.20. The molecule has 19 heavy (non-hydrogen) atoms. The molecule has 0 unspecified atom stereocenters. The van der Waals surface area contributed by atoms with Crippen LogP contribution in [0.1, 0.15) is 18.9 Å². The van der Waals surface area contributed by atoms with Crippen molar-refractivity contribution in [3.63, 3.8) is 0 Å². The Bertz CT molecular complexity index is 558. The van der Waals surface area contributed by atoms with Gasteiger partial charge >= 0.3 is 0 Å². The molecule has 1 aromatic heterocycles. The number of ether oxygens (including phenoxy) is 2. The van der Waals surface area contributed by atoms with Gasteiger partial charge in [-0.05, 0) is 53.0 Å². The summed E-state index contributed by atoms with van der Waals surface area (Å²) >= 11 is 3.45. The van der Waals surface area contributed by atoms with Gasteiger partial charge in [0.25, 0.3) is 0 Å². The normalized spacial score (nSPS) is 10.3. The Morgan fingerprint density at radius 2 is 1.95 bits per heavy atom. The Labute approximate surface area is 121 Å². The zero-order valence-electron chi connectivity index (χ0n) is 11.0. The highest BCUT2D eigenvalue weighted by atomic mass is 79.9. The molecule has 100 valence electrons. The van der Waals surface area contributed by atoms with Crippen LogP contribution in [-0.4, -0.2) is 11.6 Å². The van der Waals surface area contributed by atoms with Gasteiger partial charge in [-0.2, -0.15) is 0 Å². The van der Waals surface area contributed by atoms with Crippen LogP contribution in [0.4, 0.5) is 0 Å². The van der Waals surface area contributed by atoms with Gasteiger partial charge in [0.05, 0.1) is 11.1 Å². The van der Waals surface area contributed by atoms with Crippen molar-refractivity contribution in [2.24, 2.45) is 0 Å². The Kier molecular flexibility index (Phi) is 4.80. The molecule has 1 heterocycles. The van der Waals surface area contributed by atoms with Crippen molar-refractivity contribution in [1.82, 2.24) is 4.98 Å². The van der Waals surface area contributed by atoms with Crippen molar-refractivity contribution < 1.29 is 9.47 Å². The molecule has 0 spiro atoms. The zero-order valence-corrected chi connectivity index (χ0v) is 12.6. The molecule has 0 aliphatic carbocycles. The van der Waals surface area contributed by atoms with Crippen LogP contribution < -0.4 is 9.47 Å². The molecule has 0 radical (unpaired) electrons. The van der Waals surface area contributed by atoms with Crippen LogP contribution in [0.2, 0.25) is 0 Å². The van der Waals surface area contributed by atoms with E-state index < -0.39 is 0 Å².